The lowest BCUT2D eigenvalue weighted by Crippen LogP contribution is -2.25. The first-order valence-corrected chi connectivity index (χ1v) is 6.42. The van der Waals surface area contributed by atoms with Crippen LogP contribution in [0.4, 0.5) is 0 Å². The van der Waals surface area contributed by atoms with Crippen LogP contribution in [0.25, 0.3) is 0 Å². The Morgan fingerprint density at radius 2 is 1.94 bits per heavy atom. The van der Waals surface area contributed by atoms with Crippen LogP contribution in [0.3, 0.4) is 0 Å². The first-order valence-electron chi connectivity index (χ1n) is 4.93. The SMILES string of the molecule is CCc1ccc(S(=O)(=O)NOCCO)cc1. The number of hydrogen-bond donors (Lipinski definition) is 2. The Bertz CT molecular complexity index is 413. The van der Waals surface area contributed by atoms with Crippen molar-refractivity contribution in [2.45, 2.75) is 18.2 Å². The van der Waals surface area contributed by atoms with Crippen molar-refractivity contribution in [1.29, 1.82) is 0 Å². The molecule has 0 radical (unpaired) electrons. The van der Waals surface area contributed by atoms with Gasteiger partial charge in [0.15, 0.2) is 0 Å². The van der Waals surface area contributed by atoms with Crippen LogP contribution in [0.15, 0.2) is 29.2 Å². The molecular weight excluding hydrogens is 230 g/mol. The summed E-state index contributed by atoms with van der Waals surface area (Å²) in [6, 6.07) is 6.54. The van der Waals surface area contributed by atoms with Gasteiger partial charge in [-0.1, -0.05) is 23.9 Å². The van der Waals surface area contributed by atoms with E-state index in [4.69, 9.17) is 5.11 Å². The van der Waals surface area contributed by atoms with Crippen molar-refractivity contribution in [2.24, 2.45) is 0 Å². The second-order valence-corrected chi connectivity index (χ2v) is 4.80. The van der Waals surface area contributed by atoms with Gasteiger partial charge < -0.3 is 5.11 Å². The zero-order valence-corrected chi connectivity index (χ0v) is 9.83. The van der Waals surface area contributed by atoms with Crippen LogP contribution in [-0.4, -0.2) is 26.7 Å². The van der Waals surface area contributed by atoms with Crippen LogP contribution < -0.4 is 4.89 Å². The van der Waals surface area contributed by atoms with Gasteiger partial charge in [-0.15, -0.1) is 0 Å². The van der Waals surface area contributed by atoms with Gasteiger partial charge in [0.25, 0.3) is 10.0 Å². The highest BCUT2D eigenvalue weighted by Gasteiger charge is 2.13. The van der Waals surface area contributed by atoms with Crippen LogP contribution in [0.5, 0.6) is 0 Å². The molecule has 16 heavy (non-hydrogen) atoms. The standard InChI is InChI=1S/C10H15NO4S/c1-2-9-3-5-10(6-4-9)16(13,14)11-15-8-7-12/h3-6,11-12H,2,7-8H2,1H3. The largest absolute Gasteiger partial charge is 0.394 e. The van der Waals surface area contributed by atoms with Gasteiger partial charge in [-0.05, 0) is 24.1 Å². The van der Waals surface area contributed by atoms with Gasteiger partial charge >= 0.3 is 0 Å². The van der Waals surface area contributed by atoms with E-state index in [0.29, 0.717) is 0 Å². The number of sulfonamides is 1. The van der Waals surface area contributed by atoms with Gasteiger partial charge in [-0.2, -0.15) is 0 Å². The second-order valence-electron chi connectivity index (χ2n) is 3.16. The number of hydrogen-bond acceptors (Lipinski definition) is 4. The van der Waals surface area contributed by atoms with Crippen molar-refractivity contribution in [1.82, 2.24) is 4.89 Å². The summed E-state index contributed by atoms with van der Waals surface area (Å²) >= 11 is 0. The summed E-state index contributed by atoms with van der Waals surface area (Å²) in [5, 5.41) is 8.44. The normalized spacial score (nSPS) is 11.6. The third-order valence-electron chi connectivity index (χ3n) is 2.00. The maximum atomic E-state index is 11.6. The molecule has 0 amide bonds. The summed E-state index contributed by atoms with van der Waals surface area (Å²) in [6.07, 6.45) is 0.856. The Balaban J connectivity index is 2.74. The van der Waals surface area contributed by atoms with Gasteiger partial charge in [0.1, 0.15) is 0 Å². The molecule has 0 aromatic heterocycles. The fraction of sp³-hybridized carbons (Fsp3) is 0.400. The fourth-order valence-electron chi connectivity index (χ4n) is 1.12. The van der Waals surface area contributed by atoms with E-state index in [1.54, 1.807) is 12.1 Å². The summed E-state index contributed by atoms with van der Waals surface area (Å²) in [6.45, 7) is 1.68. The molecule has 1 rings (SSSR count). The highest BCUT2D eigenvalue weighted by Crippen LogP contribution is 2.10. The molecule has 1 aromatic rings. The number of benzene rings is 1. The Morgan fingerprint density at radius 1 is 1.31 bits per heavy atom. The van der Waals surface area contributed by atoms with E-state index in [-0.39, 0.29) is 18.1 Å². The van der Waals surface area contributed by atoms with Crippen molar-refractivity contribution >= 4 is 10.0 Å². The minimum atomic E-state index is -3.64. The monoisotopic (exact) mass is 245 g/mol. The minimum Gasteiger partial charge on any atom is -0.394 e. The average Bonchev–Trinajstić information content (AvgIpc) is 2.29. The predicted octanol–water partition coefficient (Wildman–Crippen LogP) is 0.451. The average molecular weight is 245 g/mol. The Kier molecular flexibility index (Phi) is 4.88. The smallest absolute Gasteiger partial charge is 0.262 e. The summed E-state index contributed by atoms with van der Waals surface area (Å²) in [5.41, 5.74) is 1.07. The molecule has 90 valence electrons. The molecule has 0 atom stereocenters. The maximum Gasteiger partial charge on any atom is 0.262 e. The summed E-state index contributed by atoms with van der Waals surface area (Å²) in [4.78, 5) is 6.64. The molecule has 0 saturated carbocycles. The van der Waals surface area contributed by atoms with E-state index in [0.717, 1.165) is 12.0 Å². The number of rotatable bonds is 6. The molecule has 0 aliphatic rings. The van der Waals surface area contributed by atoms with Gasteiger partial charge in [0, 0.05) is 0 Å². The van der Waals surface area contributed by atoms with Gasteiger partial charge in [0.2, 0.25) is 0 Å². The third-order valence-corrected chi connectivity index (χ3v) is 3.23. The first-order chi connectivity index (χ1) is 7.60. The summed E-state index contributed by atoms with van der Waals surface area (Å²) in [5.74, 6) is 0. The van der Waals surface area contributed by atoms with Crippen molar-refractivity contribution in [3.8, 4) is 0 Å². The first kappa shape index (κ1) is 13.1. The number of aryl methyl sites for hydroxylation is 1. The van der Waals surface area contributed by atoms with Crippen molar-refractivity contribution in [3.05, 3.63) is 29.8 Å². The Hall–Kier alpha value is -0.950. The molecule has 0 saturated heterocycles. The third kappa shape index (κ3) is 3.57. The molecule has 0 heterocycles. The highest BCUT2D eigenvalue weighted by molar-refractivity contribution is 7.89. The number of aliphatic hydroxyl groups excluding tert-OH is 1. The molecule has 0 aliphatic heterocycles. The van der Waals surface area contributed by atoms with Crippen molar-refractivity contribution < 1.29 is 18.4 Å². The number of aliphatic hydroxyl groups is 1. The lowest BCUT2D eigenvalue weighted by molar-refractivity contribution is 0.0601. The van der Waals surface area contributed by atoms with Crippen LogP contribution in [0.2, 0.25) is 0 Å². The predicted molar refractivity (Wildman–Crippen MR) is 59.2 cm³/mol. The highest BCUT2D eigenvalue weighted by atomic mass is 32.2. The summed E-state index contributed by atoms with van der Waals surface area (Å²) in [7, 11) is -3.64. The van der Waals surface area contributed by atoms with Crippen LogP contribution in [-0.2, 0) is 21.3 Å². The molecular formula is C10H15NO4S. The zero-order chi connectivity index (χ0) is 12.0. The van der Waals surface area contributed by atoms with Crippen LogP contribution >= 0.6 is 0 Å². The molecule has 0 bridgehead atoms. The van der Waals surface area contributed by atoms with Gasteiger partial charge in [-0.25, -0.2) is 8.42 Å². The van der Waals surface area contributed by atoms with E-state index < -0.39 is 10.0 Å². The molecule has 0 spiro atoms. The second kappa shape index (κ2) is 5.95. The topological polar surface area (TPSA) is 75.6 Å². The van der Waals surface area contributed by atoms with Crippen molar-refractivity contribution in [3.63, 3.8) is 0 Å². The Labute approximate surface area is 95.1 Å². The fourth-order valence-corrected chi connectivity index (χ4v) is 1.95. The van der Waals surface area contributed by atoms with Gasteiger partial charge in [0.05, 0.1) is 18.1 Å². The van der Waals surface area contributed by atoms with E-state index in [1.165, 1.54) is 12.1 Å². The van der Waals surface area contributed by atoms with Crippen LogP contribution in [0, 0.1) is 0 Å². The van der Waals surface area contributed by atoms with Crippen LogP contribution in [0.1, 0.15) is 12.5 Å². The molecule has 1 aromatic carbocycles. The molecule has 0 fully saturated rings. The Morgan fingerprint density at radius 3 is 2.44 bits per heavy atom. The minimum absolute atomic E-state index is 0.0771. The molecule has 2 N–H and O–H groups in total. The molecule has 6 heteroatoms. The van der Waals surface area contributed by atoms with E-state index in [1.807, 2.05) is 11.8 Å². The van der Waals surface area contributed by atoms with Crippen molar-refractivity contribution in [2.75, 3.05) is 13.2 Å². The summed E-state index contributed by atoms with van der Waals surface area (Å²) < 4.78 is 23.2. The number of nitrogens with one attached hydrogen (secondary N) is 1. The lowest BCUT2D eigenvalue weighted by Gasteiger charge is -2.06. The molecule has 0 aliphatic carbocycles. The van der Waals surface area contributed by atoms with E-state index in [9.17, 15) is 8.42 Å². The quantitative estimate of drug-likeness (QED) is 0.563. The van der Waals surface area contributed by atoms with Gasteiger partial charge in [-0.3, -0.25) is 4.84 Å². The molecule has 0 unspecified atom stereocenters. The lowest BCUT2D eigenvalue weighted by atomic mass is 10.2. The van der Waals surface area contributed by atoms with E-state index >= 15 is 0 Å². The zero-order valence-electron chi connectivity index (χ0n) is 9.01. The van der Waals surface area contributed by atoms with E-state index in [2.05, 4.69) is 4.84 Å². The maximum absolute atomic E-state index is 11.6. The molecule has 5 nitrogen and oxygen atoms in total.